The van der Waals surface area contributed by atoms with Gasteiger partial charge in [-0.05, 0) is 37.8 Å². The van der Waals surface area contributed by atoms with Crippen LogP contribution in [0.4, 0.5) is 0 Å². The van der Waals surface area contributed by atoms with Gasteiger partial charge in [0.1, 0.15) is 23.8 Å². The summed E-state index contributed by atoms with van der Waals surface area (Å²) in [4.78, 5) is 14.9. The van der Waals surface area contributed by atoms with Crippen molar-refractivity contribution in [3.05, 3.63) is 35.9 Å². The Labute approximate surface area is 137 Å². The Morgan fingerprint density at radius 3 is 2.87 bits per heavy atom. The molecule has 4 heteroatoms. The topological polar surface area (TPSA) is 38.8 Å². The van der Waals surface area contributed by atoms with Crippen LogP contribution in [0, 0.1) is 0 Å². The summed E-state index contributed by atoms with van der Waals surface area (Å²) in [6.07, 6.45) is 7.91. The molecule has 0 radical (unpaired) electrons. The van der Waals surface area contributed by atoms with E-state index in [0.29, 0.717) is 13.2 Å². The van der Waals surface area contributed by atoms with E-state index in [-0.39, 0.29) is 11.4 Å². The third-order valence-electron chi connectivity index (χ3n) is 5.26. The lowest BCUT2D eigenvalue weighted by Crippen LogP contribution is -2.44. The van der Waals surface area contributed by atoms with Crippen molar-refractivity contribution in [2.45, 2.75) is 50.7 Å². The molecule has 1 aromatic carbocycles. The zero-order chi connectivity index (χ0) is 15.9. The molecule has 23 heavy (non-hydrogen) atoms. The molecule has 0 atom stereocenters. The summed E-state index contributed by atoms with van der Waals surface area (Å²) in [7, 11) is 0. The molecule has 2 aliphatic heterocycles. The van der Waals surface area contributed by atoms with E-state index < -0.39 is 0 Å². The minimum Gasteiger partial charge on any atom is -0.486 e. The van der Waals surface area contributed by atoms with E-state index in [1.54, 1.807) is 0 Å². The van der Waals surface area contributed by atoms with Crippen LogP contribution in [-0.4, -0.2) is 29.6 Å². The standard InChI is InChI=1S/C19H23NO3/c1-2-10-20-12-15-17(22-13-20)7-6-14-16(21)11-19(23-18(14)15)8-4-3-5-9-19/h2,6-7H,1,3-5,8-13H2. The van der Waals surface area contributed by atoms with Crippen LogP contribution in [0.5, 0.6) is 11.5 Å². The zero-order valence-electron chi connectivity index (χ0n) is 13.5. The summed E-state index contributed by atoms with van der Waals surface area (Å²) < 4.78 is 12.4. The Balaban J connectivity index is 1.73. The first-order valence-corrected chi connectivity index (χ1v) is 8.55. The van der Waals surface area contributed by atoms with Crippen LogP contribution in [0.15, 0.2) is 24.8 Å². The molecule has 1 fully saturated rings. The van der Waals surface area contributed by atoms with E-state index in [0.717, 1.165) is 61.4 Å². The Bertz CT molecular complexity index is 646. The second-order valence-electron chi connectivity index (χ2n) is 6.94. The van der Waals surface area contributed by atoms with Gasteiger partial charge in [-0.3, -0.25) is 9.69 Å². The van der Waals surface area contributed by atoms with Crippen molar-refractivity contribution >= 4 is 5.78 Å². The number of carbonyl (C=O) groups excluding carboxylic acids is 1. The SMILES string of the molecule is C=CCN1COc2ccc3c(c2C1)OC1(CCCCC1)CC3=O. The van der Waals surface area contributed by atoms with E-state index in [1.165, 1.54) is 6.42 Å². The average molecular weight is 313 g/mol. The quantitative estimate of drug-likeness (QED) is 0.781. The van der Waals surface area contributed by atoms with Crippen molar-refractivity contribution in [1.29, 1.82) is 0 Å². The number of hydrogen-bond acceptors (Lipinski definition) is 4. The summed E-state index contributed by atoms with van der Waals surface area (Å²) in [5.74, 6) is 1.84. The van der Waals surface area contributed by atoms with E-state index >= 15 is 0 Å². The fourth-order valence-corrected chi connectivity index (χ4v) is 4.08. The Kier molecular flexibility index (Phi) is 3.64. The molecular formula is C19H23NO3. The predicted molar refractivity (Wildman–Crippen MR) is 87.9 cm³/mol. The molecule has 122 valence electrons. The summed E-state index contributed by atoms with van der Waals surface area (Å²) in [5.41, 5.74) is 1.47. The van der Waals surface area contributed by atoms with Crippen molar-refractivity contribution in [2.24, 2.45) is 0 Å². The molecule has 1 aliphatic carbocycles. The van der Waals surface area contributed by atoms with Gasteiger partial charge in [0.2, 0.25) is 0 Å². The fourth-order valence-electron chi connectivity index (χ4n) is 4.08. The van der Waals surface area contributed by atoms with Gasteiger partial charge in [-0.15, -0.1) is 6.58 Å². The van der Waals surface area contributed by atoms with Crippen LogP contribution in [0.2, 0.25) is 0 Å². The van der Waals surface area contributed by atoms with Gasteiger partial charge in [0.25, 0.3) is 0 Å². The number of fused-ring (bicyclic) bond motifs is 3. The first-order valence-electron chi connectivity index (χ1n) is 8.55. The van der Waals surface area contributed by atoms with Crippen LogP contribution < -0.4 is 9.47 Å². The highest BCUT2D eigenvalue weighted by Crippen LogP contribution is 2.46. The van der Waals surface area contributed by atoms with Crippen LogP contribution in [0.25, 0.3) is 0 Å². The smallest absolute Gasteiger partial charge is 0.170 e. The molecule has 3 aliphatic rings. The van der Waals surface area contributed by atoms with Gasteiger partial charge < -0.3 is 9.47 Å². The summed E-state index contributed by atoms with van der Waals surface area (Å²) >= 11 is 0. The Hall–Kier alpha value is -1.81. The number of carbonyl (C=O) groups is 1. The Morgan fingerprint density at radius 2 is 2.09 bits per heavy atom. The Morgan fingerprint density at radius 1 is 1.26 bits per heavy atom. The van der Waals surface area contributed by atoms with Gasteiger partial charge in [0.15, 0.2) is 5.78 Å². The lowest BCUT2D eigenvalue weighted by molar-refractivity contribution is 0.0100. The maximum Gasteiger partial charge on any atom is 0.170 e. The maximum atomic E-state index is 12.7. The van der Waals surface area contributed by atoms with E-state index in [1.807, 2.05) is 18.2 Å². The van der Waals surface area contributed by atoms with Crippen molar-refractivity contribution in [3.63, 3.8) is 0 Å². The average Bonchev–Trinajstić information content (AvgIpc) is 2.56. The van der Waals surface area contributed by atoms with Gasteiger partial charge in [0, 0.05) is 13.1 Å². The zero-order valence-corrected chi connectivity index (χ0v) is 13.5. The minimum absolute atomic E-state index is 0.219. The van der Waals surface area contributed by atoms with Crippen LogP contribution in [-0.2, 0) is 6.54 Å². The number of hydrogen-bond donors (Lipinski definition) is 0. The monoisotopic (exact) mass is 313 g/mol. The highest BCUT2D eigenvalue weighted by atomic mass is 16.5. The highest BCUT2D eigenvalue weighted by molar-refractivity contribution is 6.01. The van der Waals surface area contributed by atoms with Crippen LogP contribution in [0.1, 0.15) is 54.4 Å². The van der Waals surface area contributed by atoms with Crippen LogP contribution in [0.3, 0.4) is 0 Å². The third-order valence-corrected chi connectivity index (χ3v) is 5.26. The fraction of sp³-hybridized carbons (Fsp3) is 0.526. The van der Waals surface area contributed by atoms with Crippen molar-refractivity contribution in [3.8, 4) is 11.5 Å². The largest absolute Gasteiger partial charge is 0.486 e. The van der Waals surface area contributed by atoms with Crippen molar-refractivity contribution in [2.75, 3.05) is 13.3 Å². The van der Waals surface area contributed by atoms with Crippen molar-refractivity contribution in [1.82, 2.24) is 4.90 Å². The number of nitrogens with zero attached hydrogens (tertiary/aromatic N) is 1. The van der Waals surface area contributed by atoms with Crippen molar-refractivity contribution < 1.29 is 14.3 Å². The van der Waals surface area contributed by atoms with Crippen LogP contribution >= 0.6 is 0 Å². The molecule has 1 spiro atoms. The first kappa shape index (κ1) is 14.8. The van der Waals surface area contributed by atoms with Gasteiger partial charge in [-0.25, -0.2) is 0 Å². The number of Topliss-reactive ketones (excluding diaryl/α,β-unsaturated/α-hetero) is 1. The van der Waals surface area contributed by atoms with E-state index in [2.05, 4.69) is 11.5 Å². The summed E-state index contributed by atoms with van der Waals surface area (Å²) in [6, 6.07) is 3.79. The number of rotatable bonds is 2. The van der Waals surface area contributed by atoms with Gasteiger partial charge in [-0.1, -0.05) is 12.5 Å². The molecule has 1 aromatic rings. The summed E-state index contributed by atoms with van der Waals surface area (Å²) in [5, 5.41) is 0. The van der Waals surface area contributed by atoms with E-state index in [4.69, 9.17) is 9.47 Å². The lowest BCUT2D eigenvalue weighted by Gasteiger charge is -2.42. The second kappa shape index (κ2) is 5.68. The number of ketones is 1. The van der Waals surface area contributed by atoms with Gasteiger partial charge in [0.05, 0.1) is 17.5 Å². The molecule has 0 N–H and O–H groups in total. The highest BCUT2D eigenvalue weighted by Gasteiger charge is 2.43. The number of benzene rings is 1. The lowest BCUT2D eigenvalue weighted by atomic mass is 9.78. The second-order valence-corrected chi connectivity index (χ2v) is 6.94. The molecule has 0 aromatic heterocycles. The molecule has 0 amide bonds. The molecule has 0 bridgehead atoms. The maximum absolute atomic E-state index is 12.7. The predicted octanol–water partition coefficient (Wildman–Crippen LogP) is 3.69. The normalized spacial score (nSPS) is 22.7. The molecule has 0 unspecified atom stereocenters. The molecule has 4 nitrogen and oxygen atoms in total. The molecule has 2 heterocycles. The molecule has 0 saturated heterocycles. The summed E-state index contributed by atoms with van der Waals surface area (Å²) in [6.45, 7) is 5.86. The molecular weight excluding hydrogens is 290 g/mol. The van der Waals surface area contributed by atoms with Gasteiger partial charge in [-0.2, -0.15) is 0 Å². The first-order chi connectivity index (χ1) is 11.2. The van der Waals surface area contributed by atoms with Gasteiger partial charge >= 0.3 is 0 Å². The third kappa shape index (κ3) is 2.55. The number of ether oxygens (including phenoxy) is 2. The minimum atomic E-state index is -0.280. The van der Waals surface area contributed by atoms with E-state index in [9.17, 15) is 4.79 Å². The molecule has 4 rings (SSSR count). The molecule has 1 saturated carbocycles.